The summed E-state index contributed by atoms with van der Waals surface area (Å²) in [5, 5.41) is 1.36. The van der Waals surface area contributed by atoms with Gasteiger partial charge in [-0.3, -0.25) is 0 Å². The largest absolute Gasteiger partial charge is 1.00 e. The number of hydrogen-bond donors (Lipinski definition) is 0. The van der Waals surface area contributed by atoms with Crippen molar-refractivity contribution in [3.8, 4) is 0 Å². The van der Waals surface area contributed by atoms with E-state index in [1.54, 1.807) is 0 Å². The Morgan fingerprint density at radius 1 is 0.879 bits per heavy atom. The second-order valence-electron chi connectivity index (χ2n) is 9.95. The van der Waals surface area contributed by atoms with Crippen LogP contribution in [0.2, 0.25) is 0 Å². The highest BCUT2D eigenvalue weighted by atomic mass is 127. The first-order chi connectivity index (χ1) is 15.6. The molecule has 0 bridgehead atoms. The Morgan fingerprint density at radius 2 is 1.61 bits per heavy atom. The third kappa shape index (κ3) is 7.45. The van der Waals surface area contributed by atoms with E-state index in [0.717, 1.165) is 18.2 Å². The van der Waals surface area contributed by atoms with Gasteiger partial charge in [-0.05, 0) is 61.9 Å². The molecule has 0 N–H and O–H groups in total. The fraction of sp³-hybridized carbons (Fsp3) is 0.500. The SMILES string of the molecule is Cc1cc(C)c(CSc2cc3ccccc3[n+](CCCCCC3CCCCC3)c2)c(C)c1.[I-]. The predicted octanol–water partition coefficient (Wildman–Crippen LogP) is 5.49. The lowest BCUT2D eigenvalue weighted by Crippen LogP contribution is -3.00. The Balaban J connectivity index is 0.00000306. The number of halogens is 1. The van der Waals surface area contributed by atoms with E-state index >= 15 is 0 Å². The Hall–Kier alpha value is -1.07. The van der Waals surface area contributed by atoms with Crippen molar-refractivity contribution in [3.63, 3.8) is 0 Å². The van der Waals surface area contributed by atoms with Crippen LogP contribution in [-0.2, 0) is 12.3 Å². The maximum atomic E-state index is 2.51. The van der Waals surface area contributed by atoms with Gasteiger partial charge in [0, 0.05) is 23.6 Å². The Morgan fingerprint density at radius 3 is 2.36 bits per heavy atom. The van der Waals surface area contributed by atoms with Crippen LogP contribution in [-0.4, -0.2) is 0 Å². The maximum absolute atomic E-state index is 2.51. The first-order valence-electron chi connectivity index (χ1n) is 12.7. The van der Waals surface area contributed by atoms with Crippen molar-refractivity contribution in [1.29, 1.82) is 0 Å². The normalized spacial score (nSPS) is 14.4. The molecule has 1 aliphatic carbocycles. The third-order valence-electron chi connectivity index (χ3n) is 7.29. The van der Waals surface area contributed by atoms with Crippen molar-refractivity contribution >= 4 is 22.7 Å². The van der Waals surface area contributed by atoms with Gasteiger partial charge in [-0.25, -0.2) is 0 Å². The molecular weight excluding hydrogens is 533 g/mol. The van der Waals surface area contributed by atoms with Gasteiger partial charge < -0.3 is 24.0 Å². The smallest absolute Gasteiger partial charge is 0.212 e. The highest BCUT2D eigenvalue weighted by molar-refractivity contribution is 7.98. The van der Waals surface area contributed by atoms with Gasteiger partial charge in [-0.2, -0.15) is 4.57 Å². The van der Waals surface area contributed by atoms with Crippen LogP contribution in [0.3, 0.4) is 0 Å². The summed E-state index contributed by atoms with van der Waals surface area (Å²) in [6.07, 6.45) is 15.3. The molecule has 1 aromatic heterocycles. The van der Waals surface area contributed by atoms with Crippen molar-refractivity contribution in [1.82, 2.24) is 0 Å². The van der Waals surface area contributed by atoms with Crippen LogP contribution in [0.4, 0.5) is 0 Å². The van der Waals surface area contributed by atoms with Crippen LogP contribution in [0, 0.1) is 26.7 Å². The first kappa shape index (κ1) is 26.5. The van der Waals surface area contributed by atoms with Crippen LogP contribution in [0.15, 0.2) is 53.6 Å². The minimum Gasteiger partial charge on any atom is -1.00 e. The number of aryl methyl sites for hydroxylation is 4. The molecule has 1 nitrogen and oxygen atoms in total. The topological polar surface area (TPSA) is 3.88 Å². The molecular formula is C30H40INS. The van der Waals surface area contributed by atoms with E-state index in [1.165, 1.54) is 95.8 Å². The van der Waals surface area contributed by atoms with Gasteiger partial charge in [0.25, 0.3) is 0 Å². The minimum absolute atomic E-state index is 0. The monoisotopic (exact) mass is 573 g/mol. The summed E-state index contributed by atoms with van der Waals surface area (Å²) < 4.78 is 2.51. The second-order valence-corrected chi connectivity index (χ2v) is 11.0. The second kappa shape index (κ2) is 13.1. The average molecular weight is 574 g/mol. The lowest BCUT2D eigenvalue weighted by atomic mass is 9.85. The molecule has 1 fully saturated rings. The molecule has 0 unspecified atom stereocenters. The number of benzene rings is 2. The summed E-state index contributed by atoms with van der Waals surface area (Å²) >= 11 is 1.98. The highest BCUT2D eigenvalue weighted by Crippen LogP contribution is 2.29. The van der Waals surface area contributed by atoms with Gasteiger partial charge in [0.2, 0.25) is 5.52 Å². The lowest BCUT2D eigenvalue weighted by molar-refractivity contribution is -0.673. The number of rotatable bonds is 9. The molecule has 0 spiro atoms. The van der Waals surface area contributed by atoms with E-state index in [-0.39, 0.29) is 24.0 Å². The van der Waals surface area contributed by atoms with Gasteiger partial charge in [0.15, 0.2) is 6.20 Å². The van der Waals surface area contributed by atoms with Crippen LogP contribution in [0.5, 0.6) is 0 Å². The number of thioether (sulfide) groups is 1. The van der Waals surface area contributed by atoms with Crippen LogP contribution in [0.1, 0.15) is 80.0 Å². The summed E-state index contributed by atoms with van der Waals surface area (Å²) in [5.74, 6) is 2.06. The van der Waals surface area contributed by atoms with Crippen molar-refractivity contribution in [2.24, 2.45) is 5.92 Å². The molecule has 0 saturated heterocycles. The van der Waals surface area contributed by atoms with Crippen LogP contribution >= 0.6 is 11.8 Å². The van der Waals surface area contributed by atoms with Crippen LogP contribution in [0.25, 0.3) is 10.9 Å². The molecule has 178 valence electrons. The average Bonchev–Trinajstić information content (AvgIpc) is 2.79. The van der Waals surface area contributed by atoms with Crippen molar-refractivity contribution in [2.75, 3.05) is 0 Å². The van der Waals surface area contributed by atoms with Gasteiger partial charge in [0.05, 0.1) is 4.90 Å². The molecule has 3 aromatic rings. The molecule has 2 aromatic carbocycles. The summed E-state index contributed by atoms with van der Waals surface area (Å²) in [4.78, 5) is 1.38. The summed E-state index contributed by atoms with van der Waals surface area (Å²) in [5.41, 5.74) is 7.05. The van der Waals surface area contributed by atoms with E-state index in [0.29, 0.717) is 0 Å². The Bertz CT molecular complexity index is 1020. The maximum Gasteiger partial charge on any atom is 0.212 e. The molecule has 0 amide bonds. The number of unbranched alkanes of at least 4 members (excludes halogenated alkanes) is 2. The molecule has 33 heavy (non-hydrogen) atoms. The van der Waals surface area contributed by atoms with Gasteiger partial charge in [-0.15, -0.1) is 11.8 Å². The standard InChI is InChI=1S/C30H40NS.HI/c1-23-18-24(2)29(25(3)19-23)22-32-28-20-27-15-9-10-16-30(27)31(21-28)17-11-5-8-14-26-12-6-4-7-13-26;/h9-10,15-16,18-21,26H,4-8,11-14,17,22H2,1-3H3;1H/q+1;/p-1. The van der Waals surface area contributed by atoms with Gasteiger partial charge >= 0.3 is 0 Å². The van der Waals surface area contributed by atoms with E-state index in [2.05, 4.69) is 74.0 Å². The Kier molecular flexibility index (Phi) is 10.6. The number of para-hydroxylation sites is 1. The highest BCUT2D eigenvalue weighted by Gasteiger charge is 2.15. The van der Waals surface area contributed by atoms with Gasteiger partial charge in [-0.1, -0.05) is 74.8 Å². The fourth-order valence-electron chi connectivity index (χ4n) is 5.51. The minimum atomic E-state index is 0. The van der Waals surface area contributed by atoms with E-state index in [9.17, 15) is 0 Å². The molecule has 1 aliphatic rings. The predicted molar refractivity (Wildman–Crippen MR) is 139 cm³/mol. The summed E-state index contributed by atoms with van der Waals surface area (Å²) in [7, 11) is 0. The zero-order valence-corrected chi connectivity index (χ0v) is 23.7. The number of pyridine rings is 1. The van der Waals surface area contributed by atoms with Crippen LogP contribution < -0.4 is 28.5 Å². The molecule has 1 saturated carbocycles. The number of hydrogen-bond acceptors (Lipinski definition) is 1. The summed E-state index contributed by atoms with van der Waals surface area (Å²) in [6.45, 7) is 7.83. The third-order valence-corrected chi connectivity index (χ3v) is 8.28. The zero-order chi connectivity index (χ0) is 22.3. The molecule has 0 atom stereocenters. The van der Waals surface area contributed by atoms with Gasteiger partial charge in [0.1, 0.15) is 6.54 Å². The number of fused-ring (bicyclic) bond motifs is 1. The lowest BCUT2D eigenvalue weighted by Gasteiger charge is -2.21. The summed E-state index contributed by atoms with van der Waals surface area (Å²) in [6, 6.07) is 15.9. The molecule has 0 radical (unpaired) electrons. The quantitative estimate of drug-likeness (QED) is 0.142. The van der Waals surface area contributed by atoms with Crippen molar-refractivity contribution in [3.05, 3.63) is 70.9 Å². The van der Waals surface area contributed by atoms with Crippen molar-refractivity contribution < 1.29 is 28.5 Å². The first-order valence-corrected chi connectivity index (χ1v) is 13.7. The molecule has 1 heterocycles. The van der Waals surface area contributed by atoms with E-state index in [1.807, 2.05) is 11.8 Å². The molecule has 0 aliphatic heterocycles. The van der Waals surface area contributed by atoms with E-state index < -0.39 is 0 Å². The zero-order valence-electron chi connectivity index (χ0n) is 20.7. The molecule has 3 heteroatoms. The Labute approximate surface area is 222 Å². The number of aromatic nitrogens is 1. The van der Waals surface area contributed by atoms with Crippen molar-refractivity contribution in [2.45, 2.75) is 95.8 Å². The number of nitrogens with zero attached hydrogens (tertiary/aromatic N) is 1. The van der Waals surface area contributed by atoms with E-state index in [4.69, 9.17) is 0 Å². The molecule has 4 rings (SSSR count). The fourth-order valence-corrected chi connectivity index (χ4v) is 6.69.